The largest absolute Gasteiger partial charge is 0.455 e. The molecule has 1 heterocycles. The Balaban J connectivity index is 1.70. The summed E-state index contributed by atoms with van der Waals surface area (Å²) in [5.74, 6) is 0.381. The molecule has 1 aliphatic heterocycles. The topological polar surface area (TPSA) is 58.6 Å². The highest BCUT2D eigenvalue weighted by molar-refractivity contribution is 6.34. The van der Waals surface area contributed by atoms with Gasteiger partial charge in [-0.1, -0.05) is 24.3 Å². The second-order valence-electron chi connectivity index (χ2n) is 5.84. The first-order valence-electron chi connectivity index (χ1n) is 8.21. The van der Waals surface area contributed by atoms with Crippen LogP contribution < -0.4 is 15.0 Å². The molecule has 1 N–H and O–H groups in total. The second kappa shape index (κ2) is 6.37. The van der Waals surface area contributed by atoms with E-state index in [-0.39, 0.29) is 11.8 Å². The number of carbonyl (C=O) groups excluding carboxylic acids is 2. The molecule has 0 radical (unpaired) electrons. The minimum Gasteiger partial charge on any atom is -0.455 e. The van der Waals surface area contributed by atoms with Gasteiger partial charge >= 0.3 is 0 Å². The third-order valence-corrected chi connectivity index (χ3v) is 4.27. The van der Waals surface area contributed by atoms with Crippen LogP contribution in [-0.4, -0.2) is 18.9 Å². The molecule has 128 valence electrons. The Kier molecular flexibility index (Phi) is 3.89. The Morgan fingerprint density at radius 2 is 1.35 bits per heavy atom. The van der Waals surface area contributed by atoms with Crippen LogP contribution in [0, 0.1) is 0 Å². The zero-order valence-electron chi connectivity index (χ0n) is 14.1. The van der Waals surface area contributed by atoms with Crippen molar-refractivity contribution in [3.05, 3.63) is 83.9 Å². The highest BCUT2D eigenvalue weighted by atomic mass is 16.5. The van der Waals surface area contributed by atoms with Gasteiger partial charge in [0.05, 0.1) is 16.8 Å². The number of rotatable bonds is 4. The normalized spacial score (nSPS) is 12.9. The number of fused-ring (bicyclic) bond motifs is 1. The van der Waals surface area contributed by atoms with Gasteiger partial charge in [-0.3, -0.25) is 9.59 Å². The van der Waals surface area contributed by atoms with Crippen molar-refractivity contribution < 1.29 is 14.3 Å². The number of nitrogens with zero attached hydrogens (tertiary/aromatic N) is 1. The summed E-state index contributed by atoms with van der Waals surface area (Å²) in [5, 5.41) is 3.04. The number of carbonyl (C=O) groups is 2. The second-order valence-corrected chi connectivity index (χ2v) is 5.84. The van der Waals surface area contributed by atoms with E-state index in [1.54, 1.807) is 48.5 Å². The van der Waals surface area contributed by atoms with Crippen LogP contribution in [0.25, 0.3) is 0 Å². The number of amides is 2. The number of imide groups is 1. The predicted molar refractivity (Wildman–Crippen MR) is 100 cm³/mol. The Hall–Kier alpha value is -3.60. The first kappa shape index (κ1) is 15.9. The molecule has 5 heteroatoms. The van der Waals surface area contributed by atoms with E-state index in [0.717, 1.165) is 5.69 Å². The lowest BCUT2D eigenvalue weighted by Gasteiger charge is -2.18. The smallest absolute Gasteiger partial charge is 0.266 e. The number of hydrogen-bond donors (Lipinski definition) is 1. The molecule has 3 aromatic rings. The van der Waals surface area contributed by atoms with Gasteiger partial charge in [-0.15, -0.1) is 0 Å². The minimum atomic E-state index is -0.341. The van der Waals surface area contributed by atoms with E-state index in [1.807, 2.05) is 31.3 Å². The molecule has 0 aromatic heterocycles. The third kappa shape index (κ3) is 2.59. The number of anilines is 2. The Morgan fingerprint density at radius 1 is 0.769 bits per heavy atom. The molecule has 0 saturated carbocycles. The molecule has 4 rings (SSSR count). The molecular weight excluding hydrogens is 328 g/mol. The highest BCUT2D eigenvalue weighted by Crippen LogP contribution is 2.37. The van der Waals surface area contributed by atoms with E-state index in [1.165, 1.54) is 4.90 Å². The van der Waals surface area contributed by atoms with Gasteiger partial charge in [0, 0.05) is 12.7 Å². The van der Waals surface area contributed by atoms with Crippen molar-refractivity contribution in [2.75, 3.05) is 17.3 Å². The van der Waals surface area contributed by atoms with Crippen molar-refractivity contribution in [1.82, 2.24) is 0 Å². The number of nitrogens with one attached hydrogen (secondary N) is 1. The molecule has 0 aliphatic carbocycles. The number of ether oxygens (including phenoxy) is 1. The van der Waals surface area contributed by atoms with E-state index in [9.17, 15) is 9.59 Å². The summed E-state index contributed by atoms with van der Waals surface area (Å²) >= 11 is 0. The maximum absolute atomic E-state index is 12.7. The van der Waals surface area contributed by atoms with Gasteiger partial charge in [0.2, 0.25) is 0 Å². The predicted octanol–water partition coefficient (Wildman–Crippen LogP) is 4.32. The van der Waals surface area contributed by atoms with Crippen LogP contribution >= 0.6 is 0 Å². The van der Waals surface area contributed by atoms with Crippen molar-refractivity contribution in [3.8, 4) is 11.5 Å². The van der Waals surface area contributed by atoms with Crippen LogP contribution in [0.15, 0.2) is 72.8 Å². The van der Waals surface area contributed by atoms with Crippen LogP contribution in [0.3, 0.4) is 0 Å². The summed E-state index contributed by atoms with van der Waals surface area (Å²) in [5.41, 5.74) is 2.21. The molecule has 3 aromatic carbocycles. The number of benzene rings is 3. The van der Waals surface area contributed by atoms with Crippen LogP contribution in [0.4, 0.5) is 11.4 Å². The lowest BCUT2D eigenvalue weighted by molar-refractivity contribution is 0.0925. The molecule has 0 unspecified atom stereocenters. The van der Waals surface area contributed by atoms with Gasteiger partial charge < -0.3 is 10.1 Å². The molecule has 0 saturated heterocycles. The number of hydrogen-bond acceptors (Lipinski definition) is 4. The molecule has 0 atom stereocenters. The van der Waals surface area contributed by atoms with E-state index < -0.39 is 0 Å². The van der Waals surface area contributed by atoms with Crippen LogP contribution in [-0.2, 0) is 0 Å². The Bertz CT molecular complexity index is 961. The van der Waals surface area contributed by atoms with Crippen LogP contribution in [0.2, 0.25) is 0 Å². The standard InChI is InChI=1S/C21H16N2O3/c1-22-14-10-12-15(13-11-14)26-19-9-5-4-8-18(19)23-20(24)16-6-2-3-7-17(16)21(23)25/h2-13,22H,1H3. The molecule has 0 bridgehead atoms. The van der Waals surface area contributed by atoms with Crippen molar-refractivity contribution >= 4 is 23.2 Å². The van der Waals surface area contributed by atoms with Gasteiger partial charge in [-0.05, 0) is 48.5 Å². The highest BCUT2D eigenvalue weighted by Gasteiger charge is 2.37. The number of para-hydroxylation sites is 2. The van der Waals surface area contributed by atoms with Gasteiger partial charge in [-0.2, -0.15) is 0 Å². The molecule has 0 spiro atoms. The summed E-state index contributed by atoms with van der Waals surface area (Å²) < 4.78 is 5.94. The maximum atomic E-state index is 12.7. The minimum absolute atomic E-state index is 0.341. The van der Waals surface area contributed by atoms with E-state index in [2.05, 4.69) is 5.32 Å². The summed E-state index contributed by atoms with van der Waals surface area (Å²) in [6.45, 7) is 0. The maximum Gasteiger partial charge on any atom is 0.266 e. The van der Waals surface area contributed by atoms with Crippen molar-refractivity contribution in [2.45, 2.75) is 0 Å². The fourth-order valence-electron chi connectivity index (χ4n) is 2.95. The first-order valence-corrected chi connectivity index (χ1v) is 8.21. The summed E-state index contributed by atoms with van der Waals surface area (Å²) in [6, 6.07) is 21.3. The average molecular weight is 344 g/mol. The fraction of sp³-hybridized carbons (Fsp3) is 0.0476. The molecule has 0 fully saturated rings. The van der Waals surface area contributed by atoms with Crippen LogP contribution in [0.1, 0.15) is 20.7 Å². The molecular formula is C21H16N2O3. The SMILES string of the molecule is CNc1ccc(Oc2ccccc2N2C(=O)c3ccccc3C2=O)cc1. The van der Waals surface area contributed by atoms with Gasteiger partial charge in [-0.25, -0.2) is 4.90 Å². The van der Waals surface area contributed by atoms with Crippen molar-refractivity contribution in [2.24, 2.45) is 0 Å². The molecule has 1 aliphatic rings. The fourth-order valence-corrected chi connectivity index (χ4v) is 2.95. The van der Waals surface area contributed by atoms with Gasteiger partial charge in [0.1, 0.15) is 5.75 Å². The zero-order chi connectivity index (χ0) is 18.1. The van der Waals surface area contributed by atoms with E-state index in [4.69, 9.17) is 4.74 Å². The van der Waals surface area contributed by atoms with E-state index in [0.29, 0.717) is 28.3 Å². The third-order valence-electron chi connectivity index (χ3n) is 4.27. The lowest BCUT2D eigenvalue weighted by Crippen LogP contribution is -2.29. The zero-order valence-corrected chi connectivity index (χ0v) is 14.1. The quantitative estimate of drug-likeness (QED) is 0.716. The molecule has 2 amide bonds. The lowest BCUT2D eigenvalue weighted by atomic mass is 10.1. The molecule has 26 heavy (non-hydrogen) atoms. The average Bonchev–Trinajstić information content (AvgIpc) is 2.94. The van der Waals surface area contributed by atoms with Gasteiger partial charge in [0.25, 0.3) is 11.8 Å². The summed E-state index contributed by atoms with van der Waals surface area (Å²) in [7, 11) is 1.84. The van der Waals surface area contributed by atoms with E-state index >= 15 is 0 Å². The van der Waals surface area contributed by atoms with Crippen molar-refractivity contribution in [1.29, 1.82) is 0 Å². The van der Waals surface area contributed by atoms with Crippen LogP contribution in [0.5, 0.6) is 11.5 Å². The Labute approximate surface area is 150 Å². The van der Waals surface area contributed by atoms with Gasteiger partial charge in [0.15, 0.2) is 5.75 Å². The molecule has 5 nitrogen and oxygen atoms in total. The monoisotopic (exact) mass is 344 g/mol. The Morgan fingerprint density at radius 3 is 1.96 bits per heavy atom. The summed E-state index contributed by atoms with van der Waals surface area (Å²) in [4.78, 5) is 26.6. The first-order chi connectivity index (χ1) is 12.7. The summed E-state index contributed by atoms with van der Waals surface area (Å²) in [6.07, 6.45) is 0. The van der Waals surface area contributed by atoms with Crippen molar-refractivity contribution in [3.63, 3.8) is 0 Å².